The molecule has 0 bridgehead atoms. The standard InChI is InChI=1S/C29H28Cl2F5N7O3/c1-43-9-8-37-25(43)27(45)38-12-14-2-7-19(30)17(23(14)31)11-22-40-20-10-18(28(42-24(20)41-22)46-13-21(32)33)26(44)39-16-5-3-15(4-6-16)29(34,35)36/h2,7-10,15-16,21H,3-6,11-13H2,1H3,(H,38,45)(H,39,44)(H,40,41,42). The van der Waals surface area contributed by atoms with Gasteiger partial charge in [0.15, 0.2) is 18.1 Å². The first-order valence-corrected chi connectivity index (χ1v) is 14.9. The third-order valence-corrected chi connectivity index (χ3v) is 8.50. The van der Waals surface area contributed by atoms with Crippen molar-refractivity contribution >= 4 is 46.2 Å². The minimum Gasteiger partial charge on any atom is -0.471 e. The Labute approximate surface area is 269 Å². The molecule has 5 rings (SSSR count). The average molecular weight is 688 g/mol. The summed E-state index contributed by atoms with van der Waals surface area (Å²) in [6, 6.07) is 4.09. The lowest BCUT2D eigenvalue weighted by molar-refractivity contribution is -0.182. The SMILES string of the molecule is Cn1ccnc1C(=O)NCc1ccc(Cl)c(Cc2nc3nc(OCC(F)F)c(C(=O)NC4CCC(C(F)(F)F)CC4)cc3[nH]2)c1Cl. The summed E-state index contributed by atoms with van der Waals surface area (Å²) in [5.41, 5.74) is 1.21. The molecule has 1 aliphatic rings. The molecule has 1 aliphatic carbocycles. The number of nitrogens with one attached hydrogen (secondary N) is 3. The lowest BCUT2D eigenvalue weighted by Gasteiger charge is -2.30. The van der Waals surface area contributed by atoms with Crippen molar-refractivity contribution in [3.8, 4) is 5.88 Å². The molecule has 0 spiro atoms. The molecular formula is C29H28Cl2F5N7O3. The fraction of sp³-hybridized carbons (Fsp3) is 0.414. The number of alkyl halides is 5. The molecule has 0 radical (unpaired) electrons. The van der Waals surface area contributed by atoms with Crippen molar-refractivity contribution in [2.45, 2.75) is 57.3 Å². The number of hydrogen-bond acceptors (Lipinski definition) is 6. The number of H-pyrrole nitrogens is 1. The van der Waals surface area contributed by atoms with Crippen LogP contribution in [0.15, 0.2) is 30.6 Å². The van der Waals surface area contributed by atoms with Gasteiger partial charge in [-0.1, -0.05) is 29.3 Å². The number of fused-ring (bicyclic) bond motifs is 1. The maximum atomic E-state index is 13.2. The van der Waals surface area contributed by atoms with Crippen LogP contribution in [-0.4, -0.2) is 61.6 Å². The van der Waals surface area contributed by atoms with Crippen molar-refractivity contribution in [1.82, 2.24) is 35.1 Å². The Balaban J connectivity index is 1.35. The Morgan fingerprint density at radius 1 is 1.13 bits per heavy atom. The third-order valence-electron chi connectivity index (χ3n) is 7.68. The van der Waals surface area contributed by atoms with Gasteiger partial charge in [-0.25, -0.2) is 18.7 Å². The maximum Gasteiger partial charge on any atom is 0.391 e. The monoisotopic (exact) mass is 687 g/mol. The van der Waals surface area contributed by atoms with Gasteiger partial charge in [-0.05, 0) is 48.9 Å². The second kappa shape index (κ2) is 13.8. The molecule has 0 saturated heterocycles. The number of aromatic amines is 1. The van der Waals surface area contributed by atoms with Crippen molar-refractivity contribution in [1.29, 1.82) is 0 Å². The molecule has 1 saturated carbocycles. The van der Waals surface area contributed by atoms with Gasteiger partial charge in [0.1, 0.15) is 11.4 Å². The highest BCUT2D eigenvalue weighted by atomic mass is 35.5. The molecule has 2 amide bonds. The number of rotatable bonds is 10. The van der Waals surface area contributed by atoms with E-state index >= 15 is 0 Å². The van der Waals surface area contributed by atoms with Crippen LogP contribution >= 0.6 is 23.2 Å². The van der Waals surface area contributed by atoms with E-state index in [4.69, 9.17) is 27.9 Å². The lowest BCUT2D eigenvalue weighted by atomic mass is 9.85. The number of amides is 2. The molecule has 0 unspecified atom stereocenters. The van der Waals surface area contributed by atoms with Crippen LogP contribution < -0.4 is 15.4 Å². The van der Waals surface area contributed by atoms with E-state index in [0.717, 1.165) is 0 Å². The zero-order valence-corrected chi connectivity index (χ0v) is 25.7. The van der Waals surface area contributed by atoms with Gasteiger partial charge in [0.05, 0.1) is 16.5 Å². The number of aryl methyl sites for hydroxylation is 1. The fourth-order valence-electron chi connectivity index (χ4n) is 5.25. The van der Waals surface area contributed by atoms with Crippen molar-refractivity contribution in [3.05, 3.63) is 69.0 Å². The first-order valence-electron chi connectivity index (χ1n) is 14.2. The molecule has 10 nitrogen and oxygen atoms in total. The molecular weight excluding hydrogens is 660 g/mol. The van der Waals surface area contributed by atoms with Crippen LogP contribution in [0.2, 0.25) is 10.0 Å². The zero-order chi connectivity index (χ0) is 33.2. The van der Waals surface area contributed by atoms with Gasteiger partial charge < -0.3 is 24.9 Å². The molecule has 4 aromatic rings. The number of pyridine rings is 1. The van der Waals surface area contributed by atoms with Crippen LogP contribution in [0.3, 0.4) is 0 Å². The number of nitrogens with zero attached hydrogens (tertiary/aromatic N) is 4. The predicted octanol–water partition coefficient (Wildman–Crippen LogP) is 6.01. The number of ether oxygens (including phenoxy) is 1. The van der Waals surface area contributed by atoms with Crippen LogP contribution in [0.25, 0.3) is 11.2 Å². The summed E-state index contributed by atoms with van der Waals surface area (Å²) in [7, 11) is 1.69. The summed E-state index contributed by atoms with van der Waals surface area (Å²) < 4.78 is 71.9. The molecule has 246 valence electrons. The van der Waals surface area contributed by atoms with Crippen LogP contribution in [0.4, 0.5) is 22.0 Å². The normalized spacial score (nSPS) is 17.0. The third kappa shape index (κ3) is 7.69. The molecule has 1 aromatic carbocycles. The summed E-state index contributed by atoms with van der Waals surface area (Å²) in [6.45, 7) is -0.959. The van der Waals surface area contributed by atoms with Crippen molar-refractivity contribution in [2.75, 3.05) is 6.61 Å². The Morgan fingerprint density at radius 2 is 1.87 bits per heavy atom. The van der Waals surface area contributed by atoms with E-state index in [0.29, 0.717) is 22.0 Å². The second-order valence-electron chi connectivity index (χ2n) is 10.9. The summed E-state index contributed by atoms with van der Waals surface area (Å²) in [4.78, 5) is 41.3. The molecule has 3 heterocycles. The fourth-order valence-corrected chi connectivity index (χ4v) is 5.82. The van der Waals surface area contributed by atoms with Crippen LogP contribution in [0, 0.1) is 5.92 Å². The Morgan fingerprint density at radius 3 is 2.52 bits per heavy atom. The second-order valence-corrected chi connectivity index (χ2v) is 11.7. The minimum atomic E-state index is -4.30. The molecule has 1 fully saturated rings. The largest absolute Gasteiger partial charge is 0.471 e. The highest BCUT2D eigenvalue weighted by molar-refractivity contribution is 6.36. The van der Waals surface area contributed by atoms with Gasteiger partial charge in [0.2, 0.25) is 5.88 Å². The smallest absolute Gasteiger partial charge is 0.391 e. The van der Waals surface area contributed by atoms with Gasteiger partial charge in [0, 0.05) is 43.5 Å². The lowest BCUT2D eigenvalue weighted by Crippen LogP contribution is -2.40. The molecule has 46 heavy (non-hydrogen) atoms. The van der Waals surface area contributed by atoms with E-state index in [9.17, 15) is 31.5 Å². The first-order chi connectivity index (χ1) is 21.8. The summed E-state index contributed by atoms with van der Waals surface area (Å²) in [6.07, 6.45) is -3.98. The topological polar surface area (TPSA) is 127 Å². The average Bonchev–Trinajstić information content (AvgIpc) is 3.61. The predicted molar refractivity (Wildman–Crippen MR) is 158 cm³/mol. The quantitative estimate of drug-likeness (QED) is 0.175. The molecule has 3 N–H and O–H groups in total. The van der Waals surface area contributed by atoms with Gasteiger partial charge in [0.25, 0.3) is 18.2 Å². The minimum absolute atomic E-state index is 0.0623. The first kappa shape index (κ1) is 33.4. The molecule has 0 aliphatic heterocycles. The van der Waals surface area contributed by atoms with Crippen LogP contribution in [-0.2, 0) is 20.0 Å². The van der Waals surface area contributed by atoms with E-state index in [1.807, 2.05) is 0 Å². The van der Waals surface area contributed by atoms with Gasteiger partial charge in [-0.2, -0.15) is 18.2 Å². The molecule has 0 atom stereocenters. The zero-order valence-electron chi connectivity index (χ0n) is 24.2. The highest BCUT2D eigenvalue weighted by Gasteiger charge is 2.41. The summed E-state index contributed by atoms with van der Waals surface area (Å²) in [5.74, 6) is -2.41. The van der Waals surface area contributed by atoms with Gasteiger partial charge in [-0.15, -0.1) is 0 Å². The number of halogens is 7. The Bertz CT molecular complexity index is 1740. The van der Waals surface area contributed by atoms with E-state index in [1.165, 1.54) is 12.3 Å². The number of hydrogen-bond donors (Lipinski definition) is 3. The van der Waals surface area contributed by atoms with Gasteiger partial charge in [-0.3, -0.25) is 9.59 Å². The van der Waals surface area contributed by atoms with E-state index in [2.05, 4.69) is 30.6 Å². The summed E-state index contributed by atoms with van der Waals surface area (Å²) in [5, 5.41) is 6.04. The summed E-state index contributed by atoms with van der Waals surface area (Å²) >= 11 is 13.1. The number of benzene rings is 1. The van der Waals surface area contributed by atoms with Crippen LogP contribution in [0.1, 0.15) is 63.6 Å². The molecule has 3 aromatic heterocycles. The number of aromatic nitrogens is 5. The maximum absolute atomic E-state index is 13.2. The number of carbonyl (C=O) groups is 2. The Kier molecular flexibility index (Phi) is 10.0. The van der Waals surface area contributed by atoms with Crippen molar-refractivity contribution in [3.63, 3.8) is 0 Å². The highest BCUT2D eigenvalue weighted by Crippen LogP contribution is 2.38. The Hall–Kier alpha value is -3.98. The van der Waals surface area contributed by atoms with Crippen molar-refractivity contribution in [2.24, 2.45) is 13.0 Å². The van der Waals surface area contributed by atoms with Crippen molar-refractivity contribution < 1.29 is 36.3 Å². The number of imidazole rings is 2. The van der Waals surface area contributed by atoms with Gasteiger partial charge >= 0.3 is 6.18 Å². The van der Waals surface area contributed by atoms with E-state index < -0.39 is 48.9 Å². The number of carbonyl (C=O) groups excluding carboxylic acids is 2. The van der Waals surface area contributed by atoms with Crippen LogP contribution in [0.5, 0.6) is 5.88 Å². The molecule has 17 heteroatoms. The van der Waals surface area contributed by atoms with E-state index in [1.54, 1.807) is 29.9 Å². The van der Waals surface area contributed by atoms with E-state index in [-0.39, 0.29) is 66.2 Å².